The summed E-state index contributed by atoms with van der Waals surface area (Å²) in [5.74, 6) is 0. The number of furan rings is 1. The van der Waals surface area contributed by atoms with Gasteiger partial charge in [0.1, 0.15) is 11.2 Å². The van der Waals surface area contributed by atoms with Crippen LogP contribution < -0.4 is 4.90 Å². The number of para-hydroxylation sites is 2. The van der Waals surface area contributed by atoms with Crippen molar-refractivity contribution in [1.82, 2.24) is 4.57 Å². The number of aromatic nitrogens is 1. The van der Waals surface area contributed by atoms with Gasteiger partial charge in [-0.05, 0) is 94.4 Å². The maximum Gasteiger partial charge on any atom is 0.137 e. The van der Waals surface area contributed by atoms with Crippen molar-refractivity contribution in [2.75, 3.05) is 4.90 Å². The van der Waals surface area contributed by atoms with Crippen molar-refractivity contribution in [3.8, 4) is 27.9 Å². The van der Waals surface area contributed by atoms with E-state index in [9.17, 15) is 0 Å². The molecule has 11 aromatic rings. The summed E-state index contributed by atoms with van der Waals surface area (Å²) in [7, 11) is 0. The fourth-order valence-electron chi connectivity index (χ4n) is 8.42. The number of rotatable bonds is 6. The Morgan fingerprint density at radius 1 is 0.364 bits per heavy atom. The van der Waals surface area contributed by atoms with Gasteiger partial charge in [0, 0.05) is 32.9 Å². The van der Waals surface area contributed by atoms with E-state index in [1.807, 2.05) is 12.1 Å². The van der Waals surface area contributed by atoms with E-state index in [0.29, 0.717) is 0 Å². The van der Waals surface area contributed by atoms with Gasteiger partial charge in [-0.1, -0.05) is 140 Å². The molecule has 0 aliphatic rings. The highest BCUT2D eigenvalue weighted by atomic mass is 16.3. The van der Waals surface area contributed by atoms with Gasteiger partial charge in [-0.15, -0.1) is 0 Å². The molecule has 258 valence electrons. The van der Waals surface area contributed by atoms with Gasteiger partial charge in [0.05, 0.1) is 27.8 Å². The summed E-state index contributed by atoms with van der Waals surface area (Å²) in [6.45, 7) is 0. The van der Waals surface area contributed by atoms with Crippen molar-refractivity contribution < 1.29 is 4.42 Å². The number of nitrogens with zero attached hydrogens (tertiary/aromatic N) is 2. The molecule has 0 amide bonds. The largest absolute Gasteiger partial charge is 0.456 e. The minimum atomic E-state index is 0.875. The first-order valence-corrected chi connectivity index (χ1v) is 18.8. The summed E-state index contributed by atoms with van der Waals surface area (Å²) < 4.78 is 8.75. The van der Waals surface area contributed by atoms with Gasteiger partial charge in [-0.25, -0.2) is 0 Å². The standard InChI is InChI=1S/C52H34N2O/c1-2-12-35(13-3-1)36-24-29-40(30-25-36)53-47-19-8-6-17-43(47)45-34-39(28-33-48(45)53)37-26-31-41(32-27-37)54(46-20-10-15-38-14-4-5-16-42(38)46)49-21-11-23-51-52(49)44-18-7-9-22-50(44)55-51/h1-34H. The molecule has 0 aliphatic carbocycles. The molecule has 3 heteroatoms. The lowest BCUT2D eigenvalue weighted by Gasteiger charge is -2.27. The maximum atomic E-state index is 6.37. The number of fused-ring (bicyclic) bond motifs is 7. The van der Waals surface area contributed by atoms with Crippen LogP contribution in [0.4, 0.5) is 17.1 Å². The fraction of sp³-hybridized carbons (Fsp3) is 0. The second-order valence-electron chi connectivity index (χ2n) is 14.1. The van der Waals surface area contributed by atoms with E-state index in [2.05, 4.69) is 204 Å². The highest BCUT2D eigenvalue weighted by Gasteiger charge is 2.21. The molecule has 0 saturated heterocycles. The molecule has 2 heterocycles. The summed E-state index contributed by atoms with van der Waals surface area (Å²) in [6, 6.07) is 73.9. The molecule has 0 atom stereocenters. The molecule has 0 fully saturated rings. The van der Waals surface area contributed by atoms with Crippen LogP contribution >= 0.6 is 0 Å². The van der Waals surface area contributed by atoms with Gasteiger partial charge >= 0.3 is 0 Å². The lowest BCUT2D eigenvalue weighted by atomic mass is 10.0. The molecule has 9 aromatic carbocycles. The molecule has 2 aromatic heterocycles. The average molecular weight is 703 g/mol. The van der Waals surface area contributed by atoms with Crippen molar-refractivity contribution in [2.24, 2.45) is 0 Å². The zero-order valence-corrected chi connectivity index (χ0v) is 29.9. The van der Waals surface area contributed by atoms with Crippen LogP contribution in [0.5, 0.6) is 0 Å². The third-order valence-corrected chi connectivity index (χ3v) is 11.0. The Balaban J connectivity index is 1.03. The number of hydrogen-bond donors (Lipinski definition) is 0. The third-order valence-electron chi connectivity index (χ3n) is 11.0. The fourth-order valence-corrected chi connectivity index (χ4v) is 8.42. The van der Waals surface area contributed by atoms with Crippen LogP contribution in [0.3, 0.4) is 0 Å². The number of anilines is 3. The van der Waals surface area contributed by atoms with E-state index in [-0.39, 0.29) is 0 Å². The highest BCUT2D eigenvalue weighted by molar-refractivity contribution is 6.15. The van der Waals surface area contributed by atoms with E-state index < -0.39 is 0 Å². The second-order valence-corrected chi connectivity index (χ2v) is 14.1. The molecule has 0 saturated carbocycles. The lowest BCUT2D eigenvalue weighted by Crippen LogP contribution is -2.10. The van der Waals surface area contributed by atoms with Gasteiger partial charge in [-0.3, -0.25) is 0 Å². The molecular weight excluding hydrogens is 669 g/mol. The van der Waals surface area contributed by atoms with Gasteiger partial charge in [0.15, 0.2) is 0 Å². The summed E-state index contributed by atoms with van der Waals surface area (Å²) in [4.78, 5) is 2.39. The Hall–Kier alpha value is -7.36. The van der Waals surface area contributed by atoms with Crippen LogP contribution in [-0.4, -0.2) is 4.57 Å². The van der Waals surface area contributed by atoms with Crippen molar-refractivity contribution in [2.45, 2.75) is 0 Å². The Labute approximate surface area is 318 Å². The molecule has 0 aliphatic heterocycles. The zero-order valence-electron chi connectivity index (χ0n) is 29.9. The van der Waals surface area contributed by atoms with E-state index in [0.717, 1.165) is 44.7 Å². The van der Waals surface area contributed by atoms with Gasteiger partial charge in [0.2, 0.25) is 0 Å². The van der Waals surface area contributed by atoms with E-state index in [4.69, 9.17) is 4.42 Å². The molecule has 55 heavy (non-hydrogen) atoms. The topological polar surface area (TPSA) is 21.3 Å². The van der Waals surface area contributed by atoms with Gasteiger partial charge in [0.25, 0.3) is 0 Å². The van der Waals surface area contributed by atoms with Crippen LogP contribution in [-0.2, 0) is 0 Å². The zero-order chi connectivity index (χ0) is 36.3. The van der Waals surface area contributed by atoms with E-state index >= 15 is 0 Å². The van der Waals surface area contributed by atoms with Crippen LogP contribution in [0.25, 0.3) is 82.5 Å². The summed E-state index contributed by atoms with van der Waals surface area (Å²) in [5, 5.41) is 7.08. The quantitative estimate of drug-likeness (QED) is 0.172. The normalized spacial score (nSPS) is 11.6. The molecule has 0 bridgehead atoms. The number of hydrogen-bond acceptors (Lipinski definition) is 2. The number of benzene rings is 9. The molecule has 0 spiro atoms. The molecule has 0 radical (unpaired) electrons. The predicted molar refractivity (Wildman–Crippen MR) is 231 cm³/mol. The third kappa shape index (κ3) is 5.13. The predicted octanol–water partition coefficient (Wildman–Crippen LogP) is 14.6. The van der Waals surface area contributed by atoms with Crippen LogP contribution in [0.1, 0.15) is 0 Å². The molecule has 11 rings (SSSR count). The molecular formula is C52H34N2O. The Kier molecular flexibility index (Phi) is 7.17. The first-order valence-electron chi connectivity index (χ1n) is 18.8. The monoisotopic (exact) mass is 702 g/mol. The van der Waals surface area contributed by atoms with Crippen molar-refractivity contribution in [3.05, 3.63) is 206 Å². The minimum Gasteiger partial charge on any atom is -0.456 e. The van der Waals surface area contributed by atoms with E-state index in [1.54, 1.807) is 0 Å². The van der Waals surface area contributed by atoms with Crippen molar-refractivity contribution in [1.29, 1.82) is 0 Å². The first kappa shape index (κ1) is 31.2. The molecule has 3 nitrogen and oxygen atoms in total. The minimum absolute atomic E-state index is 0.875. The van der Waals surface area contributed by atoms with Gasteiger partial charge < -0.3 is 13.9 Å². The smallest absolute Gasteiger partial charge is 0.137 e. The highest BCUT2D eigenvalue weighted by Crippen LogP contribution is 2.45. The Morgan fingerprint density at radius 2 is 0.945 bits per heavy atom. The van der Waals surface area contributed by atoms with Crippen molar-refractivity contribution in [3.63, 3.8) is 0 Å². The van der Waals surface area contributed by atoms with Gasteiger partial charge in [-0.2, -0.15) is 0 Å². The summed E-state index contributed by atoms with van der Waals surface area (Å²) in [6.07, 6.45) is 0. The lowest BCUT2D eigenvalue weighted by molar-refractivity contribution is 0.669. The van der Waals surface area contributed by atoms with Crippen LogP contribution in [0, 0.1) is 0 Å². The maximum absolute atomic E-state index is 6.37. The van der Waals surface area contributed by atoms with Crippen LogP contribution in [0.2, 0.25) is 0 Å². The Bertz CT molecular complexity index is 3180. The first-order chi connectivity index (χ1) is 27.3. The Morgan fingerprint density at radius 3 is 1.80 bits per heavy atom. The average Bonchev–Trinajstić information content (AvgIpc) is 3.81. The summed E-state index contributed by atoms with van der Waals surface area (Å²) >= 11 is 0. The van der Waals surface area contributed by atoms with Crippen molar-refractivity contribution >= 4 is 71.6 Å². The molecule has 0 unspecified atom stereocenters. The summed E-state index contributed by atoms with van der Waals surface area (Å²) in [5.41, 5.74) is 13.4. The second kappa shape index (κ2) is 12.6. The SMILES string of the molecule is c1ccc(-c2ccc(-n3c4ccccc4c4cc(-c5ccc(N(c6cccc7ccccc67)c6cccc7oc8ccccc8c67)cc5)ccc43)cc2)cc1. The van der Waals surface area contributed by atoms with E-state index in [1.165, 1.54) is 54.8 Å². The molecule has 0 N–H and O–H groups in total. The van der Waals surface area contributed by atoms with Crippen LogP contribution in [0.15, 0.2) is 211 Å².